The van der Waals surface area contributed by atoms with Crippen LogP contribution in [0.2, 0.25) is 0 Å². The average Bonchev–Trinajstić information content (AvgIpc) is 2.50. The Morgan fingerprint density at radius 2 is 2.14 bits per heavy atom. The van der Waals surface area contributed by atoms with Gasteiger partial charge in [-0.3, -0.25) is 0 Å². The molecule has 2 N–H and O–H groups in total. The number of nitrogens with zero attached hydrogens (tertiary/aromatic N) is 3. The molecule has 2 heterocycles. The zero-order chi connectivity index (χ0) is 10.1. The highest BCUT2D eigenvalue weighted by Crippen LogP contribution is 2.31. The van der Waals surface area contributed by atoms with Crippen molar-refractivity contribution in [2.75, 3.05) is 19.8 Å². The molecule has 0 saturated carbocycles. The minimum Gasteiger partial charge on any atom is -0.383 e. The first-order chi connectivity index (χ1) is 6.66. The van der Waals surface area contributed by atoms with Crippen LogP contribution in [0.5, 0.6) is 0 Å². The first kappa shape index (κ1) is 9.73. The van der Waals surface area contributed by atoms with Gasteiger partial charge >= 0.3 is 0 Å². The van der Waals surface area contributed by atoms with E-state index in [2.05, 4.69) is 9.97 Å². The smallest absolute Gasteiger partial charge is 0.144 e. The Kier molecular flexibility index (Phi) is 2.60. The quantitative estimate of drug-likeness (QED) is 0.785. The molecule has 4 nitrogen and oxygen atoms in total. The SMILES string of the molecule is CN(C)Cc1nc(N)c2c(n1)CSC2. The van der Waals surface area contributed by atoms with Gasteiger partial charge in [-0.05, 0) is 14.1 Å². The van der Waals surface area contributed by atoms with Crippen molar-refractivity contribution in [3.63, 3.8) is 0 Å². The number of rotatable bonds is 2. The van der Waals surface area contributed by atoms with Crippen LogP contribution in [-0.4, -0.2) is 29.0 Å². The van der Waals surface area contributed by atoms with Gasteiger partial charge in [-0.1, -0.05) is 0 Å². The molecular weight excluding hydrogens is 196 g/mol. The first-order valence-electron chi connectivity index (χ1n) is 4.53. The molecular formula is C9H14N4S. The molecule has 0 saturated heterocycles. The lowest BCUT2D eigenvalue weighted by molar-refractivity contribution is 0.390. The molecule has 76 valence electrons. The van der Waals surface area contributed by atoms with Gasteiger partial charge in [-0.2, -0.15) is 11.8 Å². The molecule has 0 atom stereocenters. The maximum Gasteiger partial charge on any atom is 0.144 e. The number of aromatic nitrogens is 2. The fourth-order valence-corrected chi connectivity index (χ4v) is 2.54. The molecule has 0 fully saturated rings. The summed E-state index contributed by atoms with van der Waals surface area (Å²) >= 11 is 1.85. The van der Waals surface area contributed by atoms with E-state index in [-0.39, 0.29) is 0 Å². The van der Waals surface area contributed by atoms with E-state index < -0.39 is 0 Å². The van der Waals surface area contributed by atoms with Crippen molar-refractivity contribution >= 4 is 17.6 Å². The Morgan fingerprint density at radius 3 is 2.86 bits per heavy atom. The lowest BCUT2D eigenvalue weighted by Gasteiger charge is -2.10. The third-order valence-electron chi connectivity index (χ3n) is 2.11. The maximum absolute atomic E-state index is 5.87. The van der Waals surface area contributed by atoms with Gasteiger partial charge in [0.25, 0.3) is 0 Å². The fourth-order valence-electron chi connectivity index (χ4n) is 1.48. The van der Waals surface area contributed by atoms with Crippen molar-refractivity contribution in [2.45, 2.75) is 18.1 Å². The Hall–Kier alpha value is -0.810. The second-order valence-corrected chi connectivity index (χ2v) is 4.67. The van der Waals surface area contributed by atoms with Gasteiger partial charge in [0.2, 0.25) is 0 Å². The molecule has 1 aromatic rings. The largest absolute Gasteiger partial charge is 0.383 e. The number of anilines is 1. The topological polar surface area (TPSA) is 55.0 Å². The Morgan fingerprint density at radius 1 is 1.36 bits per heavy atom. The number of hydrogen-bond donors (Lipinski definition) is 1. The van der Waals surface area contributed by atoms with E-state index in [9.17, 15) is 0 Å². The summed E-state index contributed by atoms with van der Waals surface area (Å²) in [4.78, 5) is 10.8. The van der Waals surface area contributed by atoms with Crippen LogP contribution in [0, 0.1) is 0 Å². The minimum atomic E-state index is 0.664. The van der Waals surface area contributed by atoms with Gasteiger partial charge in [0.15, 0.2) is 0 Å². The third-order valence-corrected chi connectivity index (χ3v) is 3.08. The summed E-state index contributed by atoms with van der Waals surface area (Å²) in [7, 11) is 4.00. The lowest BCUT2D eigenvalue weighted by Crippen LogP contribution is -2.15. The van der Waals surface area contributed by atoms with Crippen LogP contribution in [0.25, 0.3) is 0 Å². The number of fused-ring (bicyclic) bond motifs is 1. The molecule has 1 aliphatic rings. The van der Waals surface area contributed by atoms with Crippen LogP contribution in [0.3, 0.4) is 0 Å². The zero-order valence-corrected chi connectivity index (χ0v) is 9.27. The fraction of sp³-hybridized carbons (Fsp3) is 0.556. The molecule has 0 unspecified atom stereocenters. The van der Waals surface area contributed by atoms with Crippen molar-refractivity contribution in [3.8, 4) is 0 Å². The first-order valence-corrected chi connectivity index (χ1v) is 5.69. The van der Waals surface area contributed by atoms with Gasteiger partial charge in [-0.15, -0.1) is 0 Å². The highest BCUT2D eigenvalue weighted by Gasteiger charge is 2.17. The standard InChI is InChI=1S/C9H14N4S/c1-13(2)3-8-11-7-5-14-4-6(7)9(10)12-8/h3-5H2,1-2H3,(H2,10,11,12). The highest BCUT2D eigenvalue weighted by atomic mass is 32.2. The van der Waals surface area contributed by atoms with Crippen LogP contribution in [0.4, 0.5) is 5.82 Å². The van der Waals surface area contributed by atoms with E-state index in [1.165, 1.54) is 0 Å². The molecule has 14 heavy (non-hydrogen) atoms. The van der Waals surface area contributed by atoms with Crippen LogP contribution < -0.4 is 5.73 Å². The monoisotopic (exact) mass is 210 g/mol. The van der Waals surface area contributed by atoms with Gasteiger partial charge in [0, 0.05) is 17.1 Å². The lowest BCUT2D eigenvalue weighted by atomic mass is 10.2. The number of nitrogen functional groups attached to an aromatic ring is 1. The number of nitrogens with two attached hydrogens (primary N) is 1. The van der Waals surface area contributed by atoms with Gasteiger partial charge in [0.05, 0.1) is 12.2 Å². The molecule has 2 rings (SSSR count). The summed E-state index contributed by atoms with van der Waals surface area (Å²) < 4.78 is 0. The molecule has 0 amide bonds. The third kappa shape index (κ3) is 1.83. The highest BCUT2D eigenvalue weighted by molar-refractivity contribution is 7.98. The van der Waals surface area contributed by atoms with Gasteiger partial charge in [0.1, 0.15) is 11.6 Å². The molecule has 0 spiro atoms. The van der Waals surface area contributed by atoms with Crippen molar-refractivity contribution in [2.24, 2.45) is 0 Å². The maximum atomic E-state index is 5.87. The zero-order valence-electron chi connectivity index (χ0n) is 8.45. The van der Waals surface area contributed by atoms with E-state index in [0.29, 0.717) is 5.82 Å². The van der Waals surface area contributed by atoms with Crippen LogP contribution in [0.15, 0.2) is 0 Å². The number of hydrogen-bond acceptors (Lipinski definition) is 5. The molecule has 5 heteroatoms. The summed E-state index contributed by atoms with van der Waals surface area (Å²) in [6.45, 7) is 0.752. The molecule has 1 aromatic heterocycles. The molecule has 0 radical (unpaired) electrons. The summed E-state index contributed by atoms with van der Waals surface area (Å²) in [5.74, 6) is 3.43. The second-order valence-electron chi connectivity index (χ2n) is 3.68. The average molecular weight is 210 g/mol. The van der Waals surface area contributed by atoms with E-state index in [0.717, 1.165) is 35.1 Å². The Labute approximate surface area is 87.9 Å². The van der Waals surface area contributed by atoms with Crippen LogP contribution in [-0.2, 0) is 18.1 Å². The number of thioether (sulfide) groups is 1. The van der Waals surface area contributed by atoms with E-state index in [4.69, 9.17) is 5.73 Å². The van der Waals surface area contributed by atoms with Crippen molar-refractivity contribution in [3.05, 3.63) is 17.1 Å². The van der Waals surface area contributed by atoms with E-state index in [1.807, 2.05) is 30.8 Å². The molecule has 0 aromatic carbocycles. The van der Waals surface area contributed by atoms with Crippen molar-refractivity contribution < 1.29 is 0 Å². The summed E-state index contributed by atoms with van der Waals surface area (Å²) in [5.41, 5.74) is 8.13. The van der Waals surface area contributed by atoms with Crippen LogP contribution >= 0.6 is 11.8 Å². The second kappa shape index (κ2) is 3.74. The summed E-state index contributed by atoms with van der Waals surface area (Å²) in [5, 5.41) is 0. The summed E-state index contributed by atoms with van der Waals surface area (Å²) in [6.07, 6.45) is 0. The predicted molar refractivity (Wildman–Crippen MR) is 58.8 cm³/mol. The van der Waals surface area contributed by atoms with Gasteiger partial charge in [-0.25, -0.2) is 9.97 Å². The molecule has 1 aliphatic heterocycles. The Bertz CT molecular complexity index is 351. The van der Waals surface area contributed by atoms with E-state index >= 15 is 0 Å². The normalized spacial score (nSPS) is 14.8. The predicted octanol–water partition coefficient (Wildman–Crippen LogP) is 0.867. The summed E-state index contributed by atoms with van der Waals surface area (Å²) in [6, 6.07) is 0. The van der Waals surface area contributed by atoms with Crippen LogP contribution in [0.1, 0.15) is 17.1 Å². The van der Waals surface area contributed by atoms with E-state index in [1.54, 1.807) is 0 Å². The van der Waals surface area contributed by atoms with Crippen molar-refractivity contribution in [1.29, 1.82) is 0 Å². The minimum absolute atomic E-state index is 0.664. The molecule has 0 aliphatic carbocycles. The van der Waals surface area contributed by atoms with Crippen molar-refractivity contribution in [1.82, 2.24) is 14.9 Å². The molecule has 0 bridgehead atoms. The Balaban J connectivity index is 2.32. The van der Waals surface area contributed by atoms with Gasteiger partial charge < -0.3 is 10.6 Å².